The van der Waals surface area contributed by atoms with Gasteiger partial charge in [0.15, 0.2) is 0 Å². The van der Waals surface area contributed by atoms with Gasteiger partial charge < -0.3 is 5.73 Å². The van der Waals surface area contributed by atoms with E-state index in [0.29, 0.717) is 14.8 Å². The Balaban J connectivity index is 3.24. The largest absolute Gasteiger partial charge is 0.326 e. The number of nitrogens with two attached hydrogens (primary N) is 1. The van der Waals surface area contributed by atoms with Gasteiger partial charge in [0, 0.05) is 6.54 Å². The van der Waals surface area contributed by atoms with Crippen LogP contribution in [0.5, 0.6) is 0 Å². The van der Waals surface area contributed by atoms with E-state index >= 15 is 0 Å². The lowest BCUT2D eigenvalue weighted by atomic mass is 10.1. The van der Waals surface area contributed by atoms with Crippen LogP contribution in [0.2, 0.25) is 0 Å². The highest BCUT2D eigenvalue weighted by Crippen LogP contribution is 2.24. The van der Waals surface area contributed by atoms with E-state index < -0.39 is 6.43 Å². The lowest BCUT2D eigenvalue weighted by molar-refractivity contribution is 0.144. The van der Waals surface area contributed by atoms with Crippen LogP contribution < -0.4 is 5.73 Å². The second-order valence-electron chi connectivity index (χ2n) is 2.82. The molecule has 0 unspecified atom stereocenters. The zero-order valence-electron chi connectivity index (χ0n) is 7.67. The van der Waals surface area contributed by atoms with Crippen LogP contribution >= 0.6 is 22.6 Å². The molecule has 1 rings (SSSR count). The minimum Gasteiger partial charge on any atom is -0.326 e. The molecular formula is C9H8F2IN3. The van der Waals surface area contributed by atoms with E-state index in [9.17, 15) is 8.78 Å². The fourth-order valence-corrected chi connectivity index (χ4v) is 1.76. The quantitative estimate of drug-likeness (QED) is 0.685. The lowest BCUT2D eigenvalue weighted by Crippen LogP contribution is -2.08. The Kier molecular flexibility index (Phi) is 4.35. The topological polar surface area (TPSA) is 62.7 Å². The van der Waals surface area contributed by atoms with Gasteiger partial charge in [-0.1, -0.05) is 0 Å². The molecule has 0 saturated heterocycles. The van der Waals surface area contributed by atoms with Crippen molar-refractivity contribution in [2.45, 2.75) is 19.4 Å². The fraction of sp³-hybridized carbons (Fsp3) is 0.333. The molecule has 1 aromatic heterocycles. The number of halogens is 3. The molecule has 80 valence electrons. The Hall–Kier alpha value is -0.810. The zero-order valence-corrected chi connectivity index (χ0v) is 9.83. The van der Waals surface area contributed by atoms with Crippen molar-refractivity contribution in [2.75, 3.05) is 0 Å². The Bertz CT molecular complexity index is 401. The number of hydrogen-bond donors (Lipinski definition) is 1. The third-order valence-electron chi connectivity index (χ3n) is 1.86. The lowest BCUT2D eigenvalue weighted by Gasteiger charge is -2.09. The molecule has 0 bridgehead atoms. The summed E-state index contributed by atoms with van der Waals surface area (Å²) in [5.74, 6) is 0. The van der Waals surface area contributed by atoms with Crippen molar-refractivity contribution in [3.05, 3.63) is 26.6 Å². The first-order valence-electron chi connectivity index (χ1n) is 4.13. The molecule has 0 aliphatic carbocycles. The maximum absolute atomic E-state index is 12.5. The molecule has 1 heterocycles. The van der Waals surface area contributed by atoms with Crippen molar-refractivity contribution < 1.29 is 8.78 Å². The predicted octanol–water partition coefficient (Wildman–Crippen LogP) is 2.15. The molecule has 0 radical (unpaired) electrons. The molecule has 0 atom stereocenters. The summed E-state index contributed by atoms with van der Waals surface area (Å²) in [5, 5.41) is 8.53. The van der Waals surface area contributed by atoms with E-state index in [1.165, 1.54) is 6.07 Å². The number of hydrogen-bond acceptors (Lipinski definition) is 3. The third kappa shape index (κ3) is 2.82. The zero-order chi connectivity index (χ0) is 11.4. The SMILES string of the molecule is N#CCc1cc(CN)c(C(F)F)nc1I. The summed E-state index contributed by atoms with van der Waals surface area (Å²) in [4.78, 5) is 3.77. The molecule has 0 aliphatic heterocycles. The van der Waals surface area contributed by atoms with Gasteiger partial charge in [-0.2, -0.15) is 5.26 Å². The van der Waals surface area contributed by atoms with Crippen LogP contribution in [0.15, 0.2) is 6.07 Å². The summed E-state index contributed by atoms with van der Waals surface area (Å²) < 4.78 is 25.5. The van der Waals surface area contributed by atoms with Crippen molar-refractivity contribution in [3.63, 3.8) is 0 Å². The van der Waals surface area contributed by atoms with Gasteiger partial charge in [0.1, 0.15) is 9.39 Å². The van der Waals surface area contributed by atoms with Crippen LogP contribution in [0.25, 0.3) is 0 Å². The number of pyridine rings is 1. The summed E-state index contributed by atoms with van der Waals surface area (Å²) in [6.07, 6.45) is -2.48. The predicted molar refractivity (Wildman–Crippen MR) is 59.1 cm³/mol. The summed E-state index contributed by atoms with van der Waals surface area (Å²) in [6, 6.07) is 3.48. The normalized spacial score (nSPS) is 10.4. The van der Waals surface area contributed by atoms with Gasteiger partial charge in [0.05, 0.1) is 12.5 Å². The van der Waals surface area contributed by atoms with Crippen LogP contribution in [-0.2, 0) is 13.0 Å². The molecule has 2 N–H and O–H groups in total. The fourth-order valence-electron chi connectivity index (χ4n) is 1.15. The van der Waals surface area contributed by atoms with Crippen molar-refractivity contribution in [2.24, 2.45) is 5.73 Å². The van der Waals surface area contributed by atoms with E-state index in [-0.39, 0.29) is 18.7 Å². The first kappa shape index (κ1) is 12.3. The second kappa shape index (κ2) is 5.32. The van der Waals surface area contributed by atoms with Gasteiger partial charge in [0.25, 0.3) is 6.43 Å². The molecule has 3 nitrogen and oxygen atoms in total. The standard InChI is InChI=1S/C9H8F2IN3/c10-8(11)7-6(4-14)3-5(1-2-13)9(12)15-7/h3,8H,1,4,14H2. The number of nitriles is 1. The number of nitrogens with zero attached hydrogens (tertiary/aromatic N) is 2. The van der Waals surface area contributed by atoms with Crippen molar-refractivity contribution in [3.8, 4) is 6.07 Å². The molecule has 15 heavy (non-hydrogen) atoms. The van der Waals surface area contributed by atoms with Crippen molar-refractivity contribution in [1.82, 2.24) is 4.98 Å². The molecule has 0 spiro atoms. The Morgan fingerprint density at radius 1 is 1.53 bits per heavy atom. The van der Waals surface area contributed by atoms with Crippen LogP contribution in [0.1, 0.15) is 23.2 Å². The Labute approximate surface area is 99.4 Å². The van der Waals surface area contributed by atoms with E-state index in [1.54, 1.807) is 0 Å². The highest BCUT2D eigenvalue weighted by Gasteiger charge is 2.16. The second-order valence-corrected chi connectivity index (χ2v) is 3.84. The van der Waals surface area contributed by atoms with Gasteiger partial charge >= 0.3 is 0 Å². The van der Waals surface area contributed by atoms with Gasteiger partial charge in [-0.15, -0.1) is 0 Å². The first-order chi connectivity index (χ1) is 7.10. The molecular weight excluding hydrogens is 315 g/mol. The minimum absolute atomic E-state index is 0.00201. The smallest absolute Gasteiger partial charge is 0.280 e. The van der Waals surface area contributed by atoms with Crippen LogP contribution in [0.3, 0.4) is 0 Å². The first-order valence-corrected chi connectivity index (χ1v) is 5.21. The summed E-state index contributed by atoms with van der Waals surface area (Å²) in [6.45, 7) is 0.00201. The molecule has 0 aliphatic rings. The highest BCUT2D eigenvalue weighted by molar-refractivity contribution is 14.1. The van der Waals surface area contributed by atoms with E-state index in [0.717, 1.165) is 0 Å². The Morgan fingerprint density at radius 3 is 2.67 bits per heavy atom. The number of alkyl halides is 2. The summed E-state index contributed by atoms with van der Waals surface area (Å²) >= 11 is 1.84. The maximum atomic E-state index is 12.5. The molecule has 6 heteroatoms. The average Bonchev–Trinajstić information content (AvgIpc) is 2.20. The van der Waals surface area contributed by atoms with Crippen LogP contribution in [-0.4, -0.2) is 4.98 Å². The van der Waals surface area contributed by atoms with Gasteiger partial charge in [-0.3, -0.25) is 0 Å². The van der Waals surface area contributed by atoms with Gasteiger partial charge in [-0.05, 0) is 39.8 Å². The molecule has 0 amide bonds. The van der Waals surface area contributed by atoms with Crippen LogP contribution in [0, 0.1) is 15.0 Å². The summed E-state index contributed by atoms with van der Waals surface area (Å²) in [7, 11) is 0. The highest BCUT2D eigenvalue weighted by atomic mass is 127. The monoisotopic (exact) mass is 323 g/mol. The van der Waals surface area contributed by atoms with Gasteiger partial charge in [0.2, 0.25) is 0 Å². The van der Waals surface area contributed by atoms with Crippen molar-refractivity contribution >= 4 is 22.6 Å². The average molecular weight is 323 g/mol. The maximum Gasteiger partial charge on any atom is 0.280 e. The number of rotatable bonds is 3. The van der Waals surface area contributed by atoms with E-state index in [2.05, 4.69) is 4.98 Å². The van der Waals surface area contributed by atoms with E-state index in [1.807, 2.05) is 28.7 Å². The van der Waals surface area contributed by atoms with E-state index in [4.69, 9.17) is 11.0 Å². The van der Waals surface area contributed by atoms with Crippen molar-refractivity contribution in [1.29, 1.82) is 5.26 Å². The summed E-state index contributed by atoms with van der Waals surface area (Å²) in [5.41, 5.74) is 6.00. The Morgan fingerprint density at radius 2 is 2.20 bits per heavy atom. The van der Waals surface area contributed by atoms with Crippen LogP contribution in [0.4, 0.5) is 8.78 Å². The molecule has 0 aromatic carbocycles. The molecule has 0 fully saturated rings. The number of aromatic nitrogens is 1. The molecule has 0 saturated carbocycles. The third-order valence-corrected chi connectivity index (χ3v) is 2.79. The van der Waals surface area contributed by atoms with Gasteiger partial charge in [-0.25, -0.2) is 13.8 Å². The molecule has 1 aromatic rings. The minimum atomic E-state index is -2.63.